The van der Waals surface area contributed by atoms with Gasteiger partial charge < -0.3 is 9.88 Å². The van der Waals surface area contributed by atoms with Gasteiger partial charge in [0.1, 0.15) is 0 Å². The first kappa shape index (κ1) is 12.9. The van der Waals surface area contributed by atoms with Gasteiger partial charge in [0.2, 0.25) is 0 Å². The summed E-state index contributed by atoms with van der Waals surface area (Å²) in [4.78, 5) is 4.13. The fraction of sp³-hybridized carbons (Fsp3) is 0.235. The summed E-state index contributed by atoms with van der Waals surface area (Å²) in [6.07, 6.45) is 5.96. The fourth-order valence-corrected chi connectivity index (χ4v) is 2.57. The van der Waals surface area contributed by atoms with Gasteiger partial charge in [-0.25, -0.2) is 0 Å². The maximum Gasteiger partial charge on any atom is 0.0483 e. The highest BCUT2D eigenvalue weighted by atomic mass is 15.0. The molecular formula is C17H19N3. The lowest BCUT2D eigenvalue weighted by atomic mass is 10.2. The van der Waals surface area contributed by atoms with Gasteiger partial charge in [-0.05, 0) is 30.2 Å². The average molecular weight is 265 g/mol. The van der Waals surface area contributed by atoms with E-state index in [4.69, 9.17) is 0 Å². The Bertz CT molecular complexity index is 686. The molecule has 3 aromatic rings. The van der Waals surface area contributed by atoms with Gasteiger partial charge in [-0.1, -0.05) is 24.3 Å². The second-order valence-corrected chi connectivity index (χ2v) is 4.92. The molecule has 0 spiro atoms. The lowest BCUT2D eigenvalue weighted by molar-refractivity contribution is 0.689. The van der Waals surface area contributed by atoms with Gasteiger partial charge in [0.05, 0.1) is 0 Å². The average Bonchev–Trinajstić information content (AvgIpc) is 2.87. The summed E-state index contributed by atoms with van der Waals surface area (Å²) in [5.74, 6) is 0. The first-order valence-corrected chi connectivity index (χ1v) is 7.05. The smallest absolute Gasteiger partial charge is 0.0483 e. The van der Waals surface area contributed by atoms with Crippen LogP contribution in [0.3, 0.4) is 0 Å². The topological polar surface area (TPSA) is 29.9 Å². The Morgan fingerprint density at radius 1 is 1.10 bits per heavy atom. The Morgan fingerprint density at radius 2 is 2.00 bits per heavy atom. The molecule has 0 fully saturated rings. The summed E-state index contributed by atoms with van der Waals surface area (Å²) in [7, 11) is 0. The van der Waals surface area contributed by atoms with E-state index in [1.165, 1.54) is 22.0 Å². The third kappa shape index (κ3) is 2.58. The van der Waals surface area contributed by atoms with E-state index in [9.17, 15) is 0 Å². The van der Waals surface area contributed by atoms with E-state index >= 15 is 0 Å². The number of pyridine rings is 1. The number of rotatable bonds is 5. The molecule has 0 amide bonds. The van der Waals surface area contributed by atoms with Crippen molar-refractivity contribution in [3.05, 3.63) is 66.1 Å². The van der Waals surface area contributed by atoms with Crippen LogP contribution < -0.4 is 5.32 Å². The van der Waals surface area contributed by atoms with Gasteiger partial charge in [-0.15, -0.1) is 0 Å². The highest BCUT2D eigenvalue weighted by Gasteiger charge is 2.06. The van der Waals surface area contributed by atoms with Crippen molar-refractivity contribution in [3.63, 3.8) is 0 Å². The molecule has 1 N–H and O–H groups in total. The monoisotopic (exact) mass is 265 g/mol. The van der Waals surface area contributed by atoms with Crippen LogP contribution in [0.25, 0.3) is 10.9 Å². The van der Waals surface area contributed by atoms with Crippen LogP contribution >= 0.6 is 0 Å². The second-order valence-electron chi connectivity index (χ2n) is 4.92. The van der Waals surface area contributed by atoms with Gasteiger partial charge in [-0.3, -0.25) is 4.98 Å². The van der Waals surface area contributed by atoms with Crippen LogP contribution in [0.15, 0.2) is 55.0 Å². The Morgan fingerprint density at radius 3 is 2.80 bits per heavy atom. The maximum atomic E-state index is 4.13. The zero-order valence-electron chi connectivity index (χ0n) is 11.7. The minimum atomic E-state index is 0.847. The summed E-state index contributed by atoms with van der Waals surface area (Å²) < 4.78 is 2.30. The summed E-state index contributed by atoms with van der Waals surface area (Å²) in [6, 6.07) is 12.6. The Hall–Kier alpha value is -2.13. The standard InChI is InChI=1S/C17H19N3/c1-2-20-13-15(16-7-3-4-8-17(16)20)12-19-11-14-6-5-9-18-10-14/h3-10,13,19H,2,11-12H2,1H3. The number of para-hydroxylation sites is 1. The minimum Gasteiger partial charge on any atom is -0.347 e. The highest BCUT2D eigenvalue weighted by Crippen LogP contribution is 2.21. The molecule has 20 heavy (non-hydrogen) atoms. The van der Waals surface area contributed by atoms with Crippen LogP contribution in [-0.2, 0) is 19.6 Å². The molecule has 0 bridgehead atoms. The molecule has 2 aromatic heterocycles. The van der Waals surface area contributed by atoms with E-state index in [1.54, 1.807) is 6.20 Å². The summed E-state index contributed by atoms with van der Waals surface area (Å²) in [5.41, 5.74) is 3.88. The Kier molecular flexibility index (Phi) is 3.79. The number of hydrogen-bond donors (Lipinski definition) is 1. The predicted octanol–water partition coefficient (Wildman–Crippen LogP) is 3.35. The SMILES string of the molecule is CCn1cc(CNCc2cccnc2)c2ccccc21. The molecule has 102 valence electrons. The van der Waals surface area contributed by atoms with Gasteiger partial charge >= 0.3 is 0 Å². The van der Waals surface area contributed by atoms with Crippen molar-refractivity contribution in [2.75, 3.05) is 0 Å². The van der Waals surface area contributed by atoms with Crippen molar-refractivity contribution >= 4 is 10.9 Å². The number of hydrogen-bond acceptors (Lipinski definition) is 2. The van der Waals surface area contributed by atoms with Gasteiger partial charge in [0, 0.05) is 49.1 Å². The van der Waals surface area contributed by atoms with E-state index in [-0.39, 0.29) is 0 Å². The molecule has 0 aliphatic rings. The van der Waals surface area contributed by atoms with Crippen molar-refractivity contribution in [2.45, 2.75) is 26.6 Å². The van der Waals surface area contributed by atoms with Gasteiger partial charge in [0.15, 0.2) is 0 Å². The first-order chi connectivity index (χ1) is 9.88. The number of nitrogens with zero attached hydrogens (tertiary/aromatic N) is 2. The molecule has 2 heterocycles. The maximum absolute atomic E-state index is 4.13. The van der Waals surface area contributed by atoms with Crippen molar-refractivity contribution in [2.24, 2.45) is 0 Å². The molecule has 0 atom stereocenters. The third-order valence-corrected chi connectivity index (χ3v) is 3.58. The summed E-state index contributed by atoms with van der Waals surface area (Å²) in [5, 5.41) is 4.83. The molecule has 3 nitrogen and oxygen atoms in total. The fourth-order valence-electron chi connectivity index (χ4n) is 2.57. The lowest BCUT2D eigenvalue weighted by Crippen LogP contribution is -2.12. The first-order valence-electron chi connectivity index (χ1n) is 7.05. The van der Waals surface area contributed by atoms with E-state index in [1.807, 2.05) is 12.3 Å². The normalized spacial score (nSPS) is 11.1. The zero-order chi connectivity index (χ0) is 13.8. The van der Waals surface area contributed by atoms with E-state index in [0.717, 1.165) is 19.6 Å². The minimum absolute atomic E-state index is 0.847. The molecule has 0 saturated heterocycles. The van der Waals surface area contributed by atoms with Crippen molar-refractivity contribution in [3.8, 4) is 0 Å². The Balaban J connectivity index is 1.74. The van der Waals surface area contributed by atoms with E-state index in [0.29, 0.717) is 0 Å². The number of nitrogens with one attached hydrogen (secondary N) is 1. The number of benzene rings is 1. The van der Waals surface area contributed by atoms with Crippen LogP contribution in [0.5, 0.6) is 0 Å². The van der Waals surface area contributed by atoms with Gasteiger partial charge in [0.25, 0.3) is 0 Å². The lowest BCUT2D eigenvalue weighted by Gasteiger charge is -2.03. The molecule has 1 aromatic carbocycles. The van der Waals surface area contributed by atoms with Crippen LogP contribution in [0.1, 0.15) is 18.1 Å². The third-order valence-electron chi connectivity index (χ3n) is 3.58. The molecule has 3 rings (SSSR count). The number of aryl methyl sites for hydroxylation is 1. The summed E-state index contributed by atoms with van der Waals surface area (Å²) in [6.45, 7) is 4.91. The van der Waals surface area contributed by atoms with Crippen LogP contribution in [0.2, 0.25) is 0 Å². The second kappa shape index (κ2) is 5.88. The molecular weight excluding hydrogens is 246 g/mol. The van der Waals surface area contributed by atoms with Crippen molar-refractivity contribution in [1.82, 2.24) is 14.9 Å². The van der Waals surface area contributed by atoms with E-state index in [2.05, 4.69) is 58.3 Å². The zero-order valence-corrected chi connectivity index (χ0v) is 11.7. The number of aromatic nitrogens is 2. The van der Waals surface area contributed by atoms with E-state index < -0.39 is 0 Å². The Labute approximate surface area is 119 Å². The molecule has 0 radical (unpaired) electrons. The molecule has 3 heteroatoms. The van der Waals surface area contributed by atoms with Crippen molar-refractivity contribution < 1.29 is 0 Å². The molecule has 0 unspecified atom stereocenters. The highest BCUT2D eigenvalue weighted by molar-refractivity contribution is 5.83. The van der Waals surface area contributed by atoms with Crippen LogP contribution in [0.4, 0.5) is 0 Å². The van der Waals surface area contributed by atoms with Gasteiger partial charge in [-0.2, -0.15) is 0 Å². The van der Waals surface area contributed by atoms with Crippen molar-refractivity contribution in [1.29, 1.82) is 0 Å². The quantitative estimate of drug-likeness (QED) is 0.766. The van der Waals surface area contributed by atoms with Crippen LogP contribution in [0, 0.1) is 0 Å². The predicted molar refractivity (Wildman–Crippen MR) is 82.4 cm³/mol. The number of fused-ring (bicyclic) bond motifs is 1. The van der Waals surface area contributed by atoms with Crippen LogP contribution in [-0.4, -0.2) is 9.55 Å². The molecule has 0 saturated carbocycles. The largest absolute Gasteiger partial charge is 0.347 e. The summed E-state index contributed by atoms with van der Waals surface area (Å²) >= 11 is 0. The molecule has 0 aliphatic heterocycles. The molecule has 0 aliphatic carbocycles.